The third kappa shape index (κ3) is 3.77. The number of thiophene rings is 1. The minimum Gasteiger partial charge on any atom is -0.323 e. The van der Waals surface area contributed by atoms with E-state index in [0.29, 0.717) is 10.7 Å². The molecule has 0 aliphatic heterocycles. The van der Waals surface area contributed by atoms with Gasteiger partial charge in [-0.2, -0.15) is 10.4 Å². The molecule has 0 fully saturated rings. The molecule has 8 heteroatoms. The quantitative estimate of drug-likeness (QED) is 0.722. The van der Waals surface area contributed by atoms with Crippen molar-refractivity contribution in [2.24, 2.45) is 0 Å². The molecule has 0 atom stereocenters. The Morgan fingerprint density at radius 1 is 1.30 bits per heavy atom. The number of benzene rings is 1. The Kier molecular flexibility index (Phi) is 5.13. The van der Waals surface area contributed by atoms with Gasteiger partial charge in [0, 0.05) is 11.1 Å². The minimum absolute atomic E-state index is 0.274. The summed E-state index contributed by atoms with van der Waals surface area (Å²) in [6.07, 6.45) is 0. The number of hydrogen-bond acceptors (Lipinski definition) is 5. The first-order valence-electron chi connectivity index (χ1n) is 7.99. The van der Waals surface area contributed by atoms with E-state index < -0.39 is 17.0 Å². The van der Waals surface area contributed by atoms with Gasteiger partial charge in [-0.05, 0) is 49.6 Å². The van der Waals surface area contributed by atoms with E-state index in [1.54, 1.807) is 26.0 Å². The molecule has 1 aromatic carbocycles. The first kappa shape index (κ1) is 18.8. The zero-order valence-electron chi connectivity index (χ0n) is 14.6. The van der Waals surface area contributed by atoms with E-state index in [0.717, 1.165) is 9.56 Å². The molecule has 27 heavy (non-hydrogen) atoms. The predicted molar refractivity (Wildman–Crippen MR) is 106 cm³/mol. The van der Waals surface area contributed by atoms with E-state index in [2.05, 4.69) is 10.4 Å². The smallest absolute Gasteiger partial charge is 0.267 e. The van der Waals surface area contributed by atoms with Gasteiger partial charge < -0.3 is 5.32 Å². The molecule has 0 spiro atoms. The fourth-order valence-electron chi connectivity index (χ4n) is 2.46. The number of carbonyl (C=O) groups is 1. The second kappa shape index (κ2) is 7.35. The molecular weight excluding hydrogens is 384 g/mol. The van der Waals surface area contributed by atoms with Crippen molar-refractivity contribution < 1.29 is 4.79 Å². The van der Waals surface area contributed by atoms with Gasteiger partial charge in [-0.1, -0.05) is 17.7 Å². The second-order valence-corrected chi connectivity index (χ2v) is 7.64. The largest absolute Gasteiger partial charge is 0.323 e. The number of anilines is 1. The van der Waals surface area contributed by atoms with Crippen LogP contribution in [0, 0.1) is 11.3 Å². The van der Waals surface area contributed by atoms with Crippen molar-refractivity contribution >= 4 is 34.5 Å². The molecule has 0 unspecified atom stereocenters. The third-order valence-electron chi connectivity index (χ3n) is 4.01. The lowest BCUT2D eigenvalue weighted by molar-refractivity contribution is -0.123. The van der Waals surface area contributed by atoms with Crippen LogP contribution in [-0.4, -0.2) is 15.7 Å². The third-order valence-corrected chi connectivity index (χ3v) is 5.14. The first-order chi connectivity index (χ1) is 12.8. The summed E-state index contributed by atoms with van der Waals surface area (Å²) >= 11 is 7.45. The summed E-state index contributed by atoms with van der Waals surface area (Å²) in [5, 5.41) is 18.6. The van der Waals surface area contributed by atoms with Crippen molar-refractivity contribution in [2.45, 2.75) is 19.4 Å². The molecule has 0 aliphatic carbocycles. The van der Waals surface area contributed by atoms with E-state index in [9.17, 15) is 14.9 Å². The maximum absolute atomic E-state index is 12.9. The lowest BCUT2D eigenvalue weighted by Gasteiger charge is -2.25. The van der Waals surface area contributed by atoms with Crippen LogP contribution in [0.1, 0.15) is 19.4 Å². The second-order valence-electron chi connectivity index (χ2n) is 6.26. The van der Waals surface area contributed by atoms with Crippen molar-refractivity contribution in [2.75, 3.05) is 5.32 Å². The van der Waals surface area contributed by atoms with Gasteiger partial charge in [0.25, 0.3) is 11.5 Å². The highest BCUT2D eigenvalue weighted by Crippen LogP contribution is 2.25. The van der Waals surface area contributed by atoms with Crippen molar-refractivity contribution in [1.29, 1.82) is 5.26 Å². The summed E-state index contributed by atoms with van der Waals surface area (Å²) in [6.45, 7) is 3.18. The Morgan fingerprint density at radius 2 is 2.07 bits per heavy atom. The first-order valence-corrected chi connectivity index (χ1v) is 9.24. The van der Waals surface area contributed by atoms with Crippen LogP contribution in [0.15, 0.2) is 52.6 Å². The van der Waals surface area contributed by atoms with E-state index in [4.69, 9.17) is 11.6 Å². The highest BCUT2D eigenvalue weighted by molar-refractivity contribution is 7.13. The lowest BCUT2D eigenvalue weighted by atomic mass is 10.0. The van der Waals surface area contributed by atoms with E-state index in [1.165, 1.54) is 29.5 Å². The fourth-order valence-corrected chi connectivity index (χ4v) is 3.32. The Bertz CT molecular complexity index is 1100. The zero-order chi connectivity index (χ0) is 19.6. The molecule has 136 valence electrons. The summed E-state index contributed by atoms with van der Waals surface area (Å²) in [5.74, 6) is -0.487. The molecule has 0 saturated carbocycles. The van der Waals surface area contributed by atoms with E-state index >= 15 is 0 Å². The number of aromatic nitrogens is 2. The molecule has 2 aromatic heterocycles. The highest BCUT2D eigenvalue weighted by Gasteiger charge is 2.33. The number of hydrogen-bond donors (Lipinski definition) is 1. The van der Waals surface area contributed by atoms with Gasteiger partial charge in [-0.25, -0.2) is 4.68 Å². The van der Waals surface area contributed by atoms with Crippen molar-refractivity contribution in [3.05, 3.63) is 68.8 Å². The summed E-state index contributed by atoms with van der Waals surface area (Å²) < 4.78 is 1.15. The normalized spacial score (nSPS) is 11.0. The van der Waals surface area contributed by atoms with E-state index in [-0.39, 0.29) is 11.3 Å². The monoisotopic (exact) mass is 398 g/mol. The molecular formula is C19H15ClN4O2S. The predicted octanol–water partition coefficient (Wildman–Crippen LogP) is 3.87. The van der Waals surface area contributed by atoms with Crippen LogP contribution >= 0.6 is 22.9 Å². The van der Waals surface area contributed by atoms with Crippen LogP contribution in [0.25, 0.3) is 10.6 Å². The van der Waals surface area contributed by atoms with Crippen LogP contribution in [-0.2, 0) is 10.3 Å². The summed E-state index contributed by atoms with van der Waals surface area (Å²) in [6, 6.07) is 13.4. The van der Waals surface area contributed by atoms with Gasteiger partial charge in [-0.3, -0.25) is 9.59 Å². The molecule has 6 nitrogen and oxygen atoms in total. The number of rotatable bonds is 4. The summed E-state index contributed by atoms with van der Waals surface area (Å²) in [5.41, 5.74) is -0.533. The Labute approximate surface area is 164 Å². The SMILES string of the molecule is CC(C)(C(=O)Nc1cc(Cl)ccc1C#N)n1nc(-c2cccs2)ccc1=O. The molecule has 0 aliphatic rings. The highest BCUT2D eigenvalue weighted by atomic mass is 35.5. The molecule has 2 heterocycles. The Morgan fingerprint density at radius 3 is 2.74 bits per heavy atom. The molecule has 0 bridgehead atoms. The Balaban J connectivity index is 1.98. The van der Waals surface area contributed by atoms with Gasteiger partial charge in [0.2, 0.25) is 0 Å². The fraction of sp³-hybridized carbons (Fsp3) is 0.158. The van der Waals surface area contributed by atoms with Gasteiger partial charge in [-0.15, -0.1) is 11.3 Å². The molecule has 3 rings (SSSR count). The maximum atomic E-state index is 12.9. The van der Waals surface area contributed by atoms with Gasteiger partial charge in [0.05, 0.1) is 16.1 Å². The van der Waals surface area contributed by atoms with Crippen LogP contribution < -0.4 is 10.9 Å². The average Bonchev–Trinajstić information content (AvgIpc) is 3.16. The van der Waals surface area contributed by atoms with Crippen molar-refractivity contribution in [3.63, 3.8) is 0 Å². The number of nitrogens with one attached hydrogen (secondary N) is 1. The number of nitrogens with zero attached hydrogens (tertiary/aromatic N) is 3. The molecule has 0 saturated heterocycles. The standard InChI is InChI=1S/C19H15ClN4O2S/c1-19(2,18(26)22-15-10-13(20)6-5-12(15)11-21)24-17(25)8-7-14(23-24)16-4-3-9-27-16/h3-10H,1-2H3,(H,22,26). The van der Waals surface area contributed by atoms with Gasteiger partial charge in [0.15, 0.2) is 0 Å². The van der Waals surface area contributed by atoms with E-state index in [1.807, 2.05) is 23.6 Å². The number of nitriles is 1. The topological polar surface area (TPSA) is 87.8 Å². The minimum atomic E-state index is -1.29. The average molecular weight is 399 g/mol. The number of carbonyl (C=O) groups excluding carboxylic acids is 1. The van der Waals surface area contributed by atoms with Crippen molar-refractivity contribution in [3.8, 4) is 16.6 Å². The Hall–Kier alpha value is -2.95. The van der Waals surface area contributed by atoms with Crippen LogP contribution in [0.5, 0.6) is 0 Å². The molecule has 1 amide bonds. The number of amides is 1. The molecule has 0 radical (unpaired) electrons. The molecule has 3 aromatic rings. The van der Waals surface area contributed by atoms with Crippen LogP contribution in [0.4, 0.5) is 5.69 Å². The van der Waals surface area contributed by atoms with Crippen LogP contribution in [0.3, 0.4) is 0 Å². The summed E-state index contributed by atoms with van der Waals surface area (Å²) in [4.78, 5) is 26.2. The maximum Gasteiger partial charge on any atom is 0.267 e. The zero-order valence-corrected chi connectivity index (χ0v) is 16.1. The number of halogens is 1. The summed E-state index contributed by atoms with van der Waals surface area (Å²) in [7, 11) is 0. The lowest BCUT2D eigenvalue weighted by Crippen LogP contribution is -2.47. The molecule has 1 N–H and O–H groups in total. The van der Waals surface area contributed by atoms with Gasteiger partial charge in [0.1, 0.15) is 17.3 Å². The van der Waals surface area contributed by atoms with Gasteiger partial charge >= 0.3 is 0 Å². The van der Waals surface area contributed by atoms with Crippen LogP contribution in [0.2, 0.25) is 5.02 Å². The van der Waals surface area contributed by atoms with Crippen molar-refractivity contribution in [1.82, 2.24) is 9.78 Å².